The second-order valence-electron chi connectivity index (χ2n) is 4.07. The second kappa shape index (κ2) is 4.93. The van der Waals surface area contributed by atoms with Gasteiger partial charge in [0.05, 0.1) is 11.0 Å². The highest BCUT2D eigenvalue weighted by Gasteiger charge is 2.14. The maximum atomic E-state index is 10.8. The summed E-state index contributed by atoms with van der Waals surface area (Å²) < 4.78 is 5.46. The van der Waals surface area contributed by atoms with Gasteiger partial charge in [0.1, 0.15) is 11.5 Å². The predicted molar refractivity (Wildman–Crippen MR) is 68.5 cm³/mol. The molecule has 0 fully saturated rings. The van der Waals surface area contributed by atoms with Crippen LogP contribution in [-0.4, -0.2) is 15.0 Å². The fraction of sp³-hybridized carbons (Fsp3) is 0.154. The molecule has 2 rings (SSSR count). The van der Waals surface area contributed by atoms with Crippen molar-refractivity contribution in [1.29, 1.82) is 0 Å². The van der Waals surface area contributed by atoms with Crippen LogP contribution in [0.5, 0.6) is 17.4 Å². The van der Waals surface area contributed by atoms with Gasteiger partial charge < -0.3 is 9.84 Å². The highest BCUT2D eigenvalue weighted by Crippen LogP contribution is 2.31. The standard InChI is InChI=1S/C13H12N2O4/c1-8-7-14-13(6-10(8)15(17)18)19-12-5-3-4-11(16)9(12)2/h3-7,16H,1-2H3. The third-order valence-corrected chi connectivity index (χ3v) is 2.72. The van der Waals surface area contributed by atoms with Crippen LogP contribution in [0, 0.1) is 24.0 Å². The fourth-order valence-corrected chi connectivity index (χ4v) is 1.57. The molecule has 6 heteroatoms. The first kappa shape index (κ1) is 12.8. The number of hydrogen-bond donors (Lipinski definition) is 1. The summed E-state index contributed by atoms with van der Waals surface area (Å²) in [5, 5.41) is 20.4. The molecule has 0 saturated carbocycles. The molecular formula is C13H12N2O4. The summed E-state index contributed by atoms with van der Waals surface area (Å²) in [4.78, 5) is 14.3. The van der Waals surface area contributed by atoms with Crippen LogP contribution in [0.1, 0.15) is 11.1 Å². The van der Waals surface area contributed by atoms with Crippen molar-refractivity contribution in [2.24, 2.45) is 0 Å². The number of aromatic hydroxyl groups is 1. The van der Waals surface area contributed by atoms with Crippen LogP contribution >= 0.6 is 0 Å². The summed E-state index contributed by atoms with van der Waals surface area (Å²) in [6, 6.07) is 6.08. The van der Waals surface area contributed by atoms with Gasteiger partial charge in [-0.1, -0.05) is 6.07 Å². The summed E-state index contributed by atoms with van der Waals surface area (Å²) in [5.74, 6) is 0.621. The van der Waals surface area contributed by atoms with E-state index < -0.39 is 4.92 Å². The molecule has 0 aliphatic rings. The molecule has 1 aromatic carbocycles. The predicted octanol–water partition coefficient (Wildman–Crippen LogP) is 3.10. The van der Waals surface area contributed by atoms with Crippen molar-refractivity contribution in [2.75, 3.05) is 0 Å². The van der Waals surface area contributed by atoms with Gasteiger partial charge in [0.15, 0.2) is 0 Å². The molecule has 1 N–H and O–H groups in total. The topological polar surface area (TPSA) is 85.5 Å². The average Bonchev–Trinajstić information content (AvgIpc) is 2.37. The van der Waals surface area contributed by atoms with Crippen LogP contribution in [0.4, 0.5) is 5.69 Å². The molecule has 1 aromatic heterocycles. The maximum Gasteiger partial charge on any atom is 0.279 e. The van der Waals surface area contributed by atoms with E-state index >= 15 is 0 Å². The molecule has 0 saturated heterocycles. The molecule has 0 spiro atoms. The average molecular weight is 260 g/mol. The van der Waals surface area contributed by atoms with Crippen LogP contribution in [0.2, 0.25) is 0 Å². The van der Waals surface area contributed by atoms with E-state index in [2.05, 4.69) is 4.98 Å². The largest absolute Gasteiger partial charge is 0.508 e. The Morgan fingerprint density at radius 1 is 1.37 bits per heavy atom. The van der Waals surface area contributed by atoms with Gasteiger partial charge in [-0.25, -0.2) is 4.98 Å². The van der Waals surface area contributed by atoms with Crippen LogP contribution < -0.4 is 4.74 Å². The number of rotatable bonds is 3. The van der Waals surface area contributed by atoms with Crippen molar-refractivity contribution >= 4 is 5.69 Å². The quantitative estimate of drug-likeness (QED) is 0.677. The van der Waals surface area contributed by atoms with Crippen molar-refractivity contribution < 1.29 is 14.8 Å². The Kier molecular flexibility index (Phi) is 3.33. The van der Waals surface area contributed by atoms with E-state index in [0.29, 0.717) is 16.9 Å². The van der Waals surface area contributed by atoms with Crippen LogP contribution in [0.3, 0.4) is 0 Å². The summed E-state index contributed by atoms with van der Waals surface area (Å²) in [6.45, 7) is 3.29. The molecule has 2 aromatic rings. The fourth-order valence-electron chi connectivity index (χ4n) is 1.57. The monoisotopic (exact) mass is 260 g/mol. The molecule has 0 bridgehead atoms. The number of phenols is 1. The number of nitrogens with zero attached hydrogens (tertiary/aromatic N) is 2. The van der Waals surface area contributed by atoms with Gasteiger partial charge in [0.25, 0.3) is 5.69 Å². The number of aromatic nitrogens is 1. The first-order valence-corrected chi connectivity index (χ1v) is 5.56. The van der Waals surface area contributed by atoms with Crippen molar-refractivity contribution in [1.82, 2.24) is 4.98 Å². The van der Waals surface area contributed by atoms with Crippen LogP contribution in [0.25, 0.3) is 0 Å². The Hall–Kier alpha value is -2.63. The third-order valence-electron chi connectivity index (χ3n) is 2.72. The zero-order valence-corrected chi connectivity index (χ0v) is 10.5. The van der Waals surface area contributed by atoms with E-state index in [9.17, 15) is 15.2 Å². The minimum atomic E-state index is -0.487. The third kappa shape index (κ3) is 2.62. The number of phenolic OH excluding ortho intramolecular Hbond substituents is 1. The van der Waals surface area contributed by atoms with E-state index in [1.54, 1.807) is 26.0 Å². The second-order valence-corrected chi connectivity index (χ2v) is 4.07. The highest BCUT2D eigenvalue weighted by atomic mass is 16.6. The highest BCUT2D eigenvalue weighted by molar-refractivity contribution is 5.46. The molecule has 19 heavy (non-hydrogen) atoms. The first-order chi connectivity index (χ1) is 8.99. The Bertz CT molecular complexity index is 641. The minimum absolute atomic E-state index is 0.0530. The molecule has 1 heterocycles. The summed E-state index contributed by atoms with van der Waals surface area (Å²) in [7, 11) is 0. The number of pyridine rings is 1. The summed E-state index contributed by atoms with van der Waals surface area (Å²) >= 11 is 0. The normalized spacial score (nSPS) is 10.2. The van der Waals surface area contributed by atoms with Gasteiger partial charge in [-0.2, -0.15) is 0 Å². The van der Waals surface area contributed by atoms with E-state index in [-0.39, 0.29) is 17.3 Å². The molecule has 0 radical (unpaired) electrons. The van der Waals surface area contributed by atoms with Gasteiger partial charge in [0.2, 0.25) is 5.88 Å². The van der Waals surface area contributed by atoms with Crippen molar-refractivity contribution in [2.45, 2.75) is 13.8 Å². The van der Waals surface area contributed by atoms with Crippen molar-refractivity contribution in [3.63, 3.8) is 0 Å². The Morgan fingerprint density at radius 3 is 2.79 bits per heavy atom. The Morgan fingerprint density at radius 2 is 2.11 bits per heavy atom. The van der Waals surface area contributed by atoms with Gasteiger partial charge in [-0.05, 0) is 26.0 Å². The molecular weight excluding hydrogens is 248 g/mol. The van der Waals surface area contributed by atoms with E-state index in [1.165, 1.54) is 18.3 Å². The van der Waals surface area contributed by atoms with Crippen LogP contribution in [0.15, 0.2) is 30.5 Å². The lowest BCUT2D eigenvalue weighted by Crippen LogP contribution is -1.96. The lowest BCUT2D eigenvalue weighted by molar-refractivity contribution is -0.385. The molecule has 0 atom stereocenters. The maximum absolute atomic E-state index is 10.8. The number of ether oxygens (including phenoxy) is 1. The lowest BCUT2D eigenvalue weighted by Gasteiger charge is -2.09. The zero-order chi connectivity index (χ0) is 14.0. The Balaban J connectivity index is 2.36. The van der Waals surface area contributed by atoms with Crippen molar-refractivity contribution in [3.8, 4) is 17.4 Å². The molecule has 0 amide bonds. The van der Waals surface area contributed by atoms with Gasteiger partial charge >= 0.3 is 0 Å². The molecule has 0 aliphatic carbocycles. The SMILES string of the molecule is Cc1cnc(Oc2cccc(O)c2C)cc1[N+](=O)[O-]. The molecule has 0 unspecified atom stereocenters. The number of hydrogen-bond acceptors (Lipinski definition) is 5. The number of aryl methyl sites for hydroxylation is 1. The smallest absolute Gasteiger partial charge is 0.279 e. The van der Waals surface area contributed by atoms with E-state index in [1.807, 2.05) is 0 Å². The van der Waals surface area contributed by atoms with E-state index in [0.717, 1.165) is 0 Å². The summed E-state index contributed by atoms with van der Waals surface area (Å²) in [6.07, 6.45) is 1.38. The van der Waals surface area contributed by atoms with Gasteiger partial charge in [0, 0.05) is 17.3 Å². The van der Waals surface area contributed by atoms with Gasteiger partial charge in [-0.3, -0.25) is 10.1 Å². The first-order valence-electron chi connectivity index (χ1n) is 5.56. The molecule has 98 valence electrons. The zero-order valence-electron chi connectivity index (χ0n) is 10.5. The van der Waals surface area contributed by atoms with Crippen LogP contribution in [-0.2, 0) is 0 Å². The van der Waals surface area contributed by atoms with Crippen molar-refractivity contribution in [3.05, 3.63) is 51.7 Å². The molecule has 6 nitrogen and oxygen atoms in total. The summed E-state index contributed by atoms with van der Waals surface area (Å²) in [5.41, 5.74) is 0.959. The number of benzene rings is 1. The van der Waals surface area contributed by atoms with Gasteiger partial charge in [-0.15, -0.1) is 0 Å². The Labute approximate surface area is 109 Å². The molecule has 0 aliphatic heterocycles. The minimum Gasteiger partial charge on any atom is -0.508 e. The lowest BCUT2D eigenvalue weighted by atomic mass is 10.2. The number of nitro groups is 1. The van der Waals surface area contributed by atoms with E-state index in [4.69, 9.17) is 4.74 Å².